The monoisotopic (exact) mass is 394 g/mol. The molecule has 1 N–H and O–H groups in total. The Balaban J connectivity index is 2.20. The van der Waals surface area contributed by atoms with Gasteiger partial charge in [0.1, 0.15) is 5.57 Å². The summed E-state index contributed by atoms with van der Waals surface area (Å²) in [7, 11) is 0. The molecular formula is C25H34N2O2. The van der Waals surface area contributed by atoms with Gasteiger partial charge < -0.3 is 5.11 Å². The number of aromatic nitrogens is 2. The number of hydrogen-bond donors (Lipinski definition) is 1. The topological polar surface area (TPSA) is 63.1 Å². The molecule has 0 fully saturated rings. The summed E-state index contributed by atoms with van der Waals surface area (Å²) in [4.78, 5) is 20.7. The Hall–Kier alpha value is -2.49. The molecule has 0 aliphatic carbocycles. The summed E-state index contributed by atoms with van der Waals surface area (Å²) in [5, 5.41) is 9.82. The molecule has 1 unspecified atom stereocenters. The molecule has 0 saturated heterocycles. The number of unbranched alkanes of at least 4 members (excludes halogenated alkanes) is 5. The van der Waals surface area contributed by atoms with Crippen molar-refractivity contribution < 1.29 is 9.90 Å². The number of rotatable bonds is 13. The number of aryl methyl sites for hydroxylation is 1. The largest absolute Gasteiger partial charge is 0.478 e. The van der Waals surface area contributed by atoms with Crippen molar-refractivity contribution in [3.63, 3.8) is 0 Å². The van der Waals surface area contributed by atoms with Crippen molar-refractivity contribution in [2.24, 2.45) is 0 Å². The molecule has 4 heteroatoms. The highest BCUT2D eigenvalue weighted by molar-refractivity contribution is 6.14. The van der Waals surface area contributed by atoms with E-state index in [1.807, 2.05) is 24.3 Å². The van der Waals surface area contributed by atoms with Gasteiger partial charge in [-0.05, 0) is 30.4 Å². The highest BCUT2D eigenvalue weighted by Crippen LogP contribution is 2.27. The zero-order valence-corrected chi connectivity index (χ0v) is 17.8. The molecule has 1 atom stereocenters. The maximum Gasteiger partial charge on any atom is 0.339 e. The third kappa shape index (κ3) is 7.80. The van der Waals surface area contributed by atoms with E-state index < -0.39 is 5.97 Å². The molecule has 4 nitrogen and oxygen atoms in total. The molecule has 1 heterocycles. The zero-order chi connectivity index (χ0) is 20.9. The lowest BCUT2D eigenvalue weighted by Gasteiger charge is -2.15. The molecule has 0 aliphatic rings. The van der Waals surface area contributed by atoms with Gasteiger partial charge in [-0.2, -0.15) is 0 Å². The van der Waals surface area contributed by atoms with Crippen LogP contribution in [0.25, 0.3) is 5.57 Å². The van der Waals surface area contributed by atoms with E-state index in [0.717, 1.165) is 49.7 Å². The minimum Gasteiger partial charge on any atom is -0.478 e. The Morgan fingerprint density at radius 3 is 2.24 bits per heavy atom. The van der Waals surface area contributed by atoms with E-state index in [1.165, 1.54) is 19.3 Å². The van der Waals surface area contributed by atoms with Crippen LogP contribution in [-0.2, 0) is 11.2 Å². The molecule has 156 valence electrons. The van der Waals surface area contributed by atoms with E-state index in [4.69, 9.17) is 0 Å². The second-order valence-corrected chi connectivity index (χ2v) is 7.62. The van der Waals surface area contributed by atoms with Gasteiger partial charge in [0.25, 0.3) is 0 Å². The average molecular weight is 395 g/mol. The highest BCUT2D eigenvalue weighted by Gasteiger charge is 2.18. The third-order valence-corrected chi connectivity index (χ3v) is 5.21. The highest BCUT2D eigenvalue weighted by atomic mass is 16.4. The Morgan fingerprint density at radius 1 is 0.966 bits per heavy atom. The lowest BCUT2D eigenvalue weighted by atomic mass is 9.91. The van der Waals surface area contributed by atoms with Crippen molar-refractivity contribution in [2.45, 2.75) is 77.6 Å². The number of carbonyl (C=O) groups is 1. The van der Waals surface area contributed by atoms with Crippen LogP contribution in [0.5, 0.6) is 0 Å². The first kappa shape index (κ1) is 22.8. The van der Waals surface area contributed by atoms with E-state index in [1.54, 1.807) is 12.4 Å². The third-order valence-electron chi connectivity index (χ3n) is 5.21. The Bertz CT molecular complexity index is 754. The molecule has 29 heavy (non-hydrogen) atoms. The standard InChI is InChI=1S/C25H34N2O2/c1-3-5-7-10-13-20-18-26-24(27-19-20)23(25(28)29)17-22(16-9-6-4-2)21-14-11-8-12-15-21/h8,11-12,14-15,17-19,22H,3-7,9-10,13,16H2,1-2H3,(H,28,29)/b23-17+. The Labute approximate surface area is 175 Å². The van der Waals surface area contributed by atoms with Crippen LogP contribution in [0.2, 0.25) is 0 Å². The molecule has 1 aromatic carbocycles. The summed E-state index contributed by atoms with van der Waals surface area (Å²) < 4.78 is 0. The van der Waals surface area contributed by atoms with Gasteiger partial charge in [-0.25, -0.2) is 14.8 Å². The van der Waals surface area contributed by atoms with Crippen molar-refractivity contribution in [1.29, 1.82) is 0 Å². The van der Waals surface area contributed by atoms with Gasteiger partial charge in [-0.3, -0.25) is 0 Å². The molecule has 0 amide bonds. The molecule has 0 bridgehead atoms. The summed E-state index contributed by atoms with van der Waals surface area (Å²) in [6, 6.07) is 10.1. The molecule has 2 aromatic rings. The first-order valence-electron chi connectivity index (χ1n) is 11.0. The van der Waals surface area contributed by atoms with Crippen LogP contribution in [0.15, 0.2) is 48.8 Å². The van der Waals surface area contributed by atoms with Gasteiger partial charge in [-0.15, -0.1) is 0 Å². The van der Waals surface area contributed by atoms with Crippen molar-refractivity contribution in [3.8, 4) is 0 Å². The minimum atomic E-state index is -0.975. The SMILES string of the molecule is CCCCCCc1cnc(/C(=C\C(CCCCC)c2ccccc2)C(=O)O)nc1. The van der Waals surface area contributed by atoms with Gasteiger partial charge in [0.15, 0.2) is 5.82 Å². The molecule has 0 aliphatic heterocycles. The van der Waals surface area contributed by atoms with E-state index >= 15 is 0 Å². The fourth-order valence-electron chi connectivity index (χ4n) is 3.48. The first-order chi connectivity index (χ1) is 14.2. The van der Waals surface area contributed by atoms with Gasteiger partial charge in [0.05, 0.1) is 0 Å². The van der Waals surface area contributed by atoms with Crippen LogP contribution < -0.4 is 0 Å². The van der Waals surface area contributed by atoms with Gasteiger partial charge in [0.2, 0.25) is 0 Å². The molecule has 0 radical (unpaired) electrons. The van der Waals surface area contributed by atoms with Crippen LogP contribution in [0.3, 0.4) is 0 Å². The number of hydrogen-bond acceptors (Lipinski definition) is 3. The maximum absolute atomic E-state index is 12.0. The van der Waals surface area contributed by atoms with Crippen LogP contribution in [0.4, 0.5) is 0 Å². The minimum absolute atomic E-state index is 0.0474. The number of carboxylic acids is 1. The number of allylic oxidation sites excluding steroid dienone is 1. The van der Waals surface area contributed by atoms with Crippen LogP contribution >= 0.6 is 0 Å². The average Bonchev–Trinajstić information content (AvgIpc) is 2.75. The van der Waals surface area contributed by atoms with Crippen molar-refractivity contribution >= 4 is 11.5 Å². The molecule has 0 saturated carbocycles. The summed E-state index contributed by atoms with van der Waals surface area (Å²) in [6.07, 6.45) is 15.4. The second-order valence-electron chi connectivity index (χ2n) is 7.62. The zero-order valence-electron chi connectivity index (χ0n) is 17.8. The molecule has 2 rings (SSSR count). The summed E-state index contributed by atoms with van der Waals surface area (Å²) in [5.74, 6) is -0.630. The van der Waals surface area contributed by atoms with Crippen LogP contribution in [-0.4, -0.2) is 21.0 Å². The Morgan fingerprint density at radius 2 is 1.62 bits per heavy atom. The van der Waals surface area contributed by atoms with Crippen molar-refractivity contribution in [2.75, 3.05) is 0 Å². The Kier molecular flexibility index (Phi) is 10.1. The van der Waals surface area contributed by atoms with Gasteiger partial charge >= 0.3 is 5.97 Å². The number of nitrogens with zero attached hydrogens (tertiary/aromatic N) is 2. The van der Waals surface area contributed by atoms with E-state index in [0.29, 0.717) is 5.82 Å². The van der Waals surface area contributed by atoms with Crippen LogP contribution in [0, 0.1) is 0 Å². The van der Waals surface area contributed by atoms with E-state index in [2.05, 4.69) is 35.9 Å². The molecule has 0 spiro atoms. The van der Waals surface area contributed by atoms with Gasteiger partial charge in [-0.1, -0.05) is 88.8 Å². The quantitative estimate of drug-likeness (QED) is 0.314. The van der Waals surface area contributed by atoms with Gasteiger partial charge in [0, 0.05) is 18.3 Å². The van der Waals surface area contributed by atoms with Crippen molar-refractivity contribution in [3.05, 3.63) is 65.8 Å². The lowest BCUT2D eigenvalue weighted by Crippen LogP contribution is -2.07. The smallest absolute Gasteiger partial charge is 0.339 e. The normalized spacial score (nSPS) is 12.7. The number of carboxylic acid groups (broad SMARTS) is 1. The fraction of sp³-hybridized carbons (Fsp3) is 0.480. The predicted octanol–water partition coefficient (Wildman–Crippen LogP) is 6.43. The van der Waals surface area contributed by atoms with Crippen molar-refractivity contribution in [1.82, 2.24) is 9.97 Å². The molecule has 1 aromatic heterocycles. The summed E-state index contributed by atoms with van der Waals surface area (Å²) in [5.41, 5.74) is 2.39. The fourth-order valence-corrected chi connectivity index (χ4v) is 3.48. The summed E-state index contributed by atoms with van der Waals surface area (Å²) >= 11 is 0. The second kappa shape index (κ2) is 12.9. The first-order valence-corrected chi connectivity index (χ1v) is 11.0. The lowest BCUT2D eigenvalue weighted by molar-refractivity contribution is -0.130. The summed E-state index contributed by atoms with van der Waals surface area (Å²) in [6.45, 7) is 4.37. The predicted molar refractivity (Wildman–Crippen MR) is 119 cm³/mol. The van der Waals surface area contributed by atoms with E-state index in [9.17, 15) is 9.90 Å². The molecular weight excluding hydrogens is 360 g/mol. The van der Waals surface area contributed by atoms with Crippen LogP contribution in [0.1, 0.15) is 88.1 Å². The number of aliphatic carboxylic acids is 1. The number of benzene rings is 1. The van der Waals surface area contributed by atoms with E-state index in [-0.39, 0.29) is 11.5 Å². The maximum atomic E-state index is 12.0.